The molecule has 0 radical (unpaired) electrons. The number of hydrogen-bond donors (Lipinski definition) is 1. The molecule has 1 aliphatic rings. The molecule has 2 rings (SSSR count). The summed E-state index contributed by atoms with van der Waals surface area (Å²) < 4.78 is 37.6. The van der Waals surface area contributed by atoms with E-state index < -0.39 is 17.8 Å². The summed E-state index contributed by atoms with van der Waals surface area (Å²) in [5, 5.41) is 9.32. The number of aliphatic hydroxyl groups excluding tert-OH is 1. The van der Waals surface area contributed by atoms with Crippen molar-refractivity contribution in [3.05, 3.63) is 35.4 Å². The minimum Gasteiger partial charge on any atom is -0.391 e. The second kappa shape index (κ2) is 5.21. The first-order valence-electron chi connectivity index (χ1n) is 5.98. The Labute approximate surface area is 108 Å². The smallest absolute Gasteiger partial charge is 0.391 e. The van der Waals surface area contributed by atoms with E-state index >= 15 is 0 Å². The quantitative estimate of drug-likeness (QED) is 0.893. The maximum Gasteiger partial charge on any atom is 0.416 e. The van der Waals surface area contributed by atoms with Crippen molar-refractivity contribution in [1.29, 1.82) is 0 Å². The lowest BCUT2D eigenvalue weighted by molar-refractivity contribution is -0.138. The van der Waals surface area contributed by atoms with Gasteiger partial charge in [0.15, 0.2) is 0 Å². The van der Waals surface area contributed by atoms with Gasteiger partial charge in [-0.25, -0.2) is 0 Å². The fraction of sp³-hybridized carbons (Fsp3) is 0.462. The molecule has 1 fully saturated rings. The average Bonchev–Trinajstić information content (AvgIpc) is 2.75. The first-order valence-corrected chi connectivity index (χ1v) is 5.98. The van der Waals surface area contributed by atoms with Gasteiger partial charge in [0.05, 0.1) is 18.1 Å². The number of halogens is 3. The van der Waals surface area contributed by atoms with Crippen LogP contribution in [-0.2, 0) is 17.4 Å². The highest BCUT2D eigenvalue weighted by atomic mass is 19.4. The van der Waals surface area contributed by atoms with Crippen LogP contribution in [0.2, 0.25) is 0 Å². The third-order valence-corrected chi connectivity index (χ3v) is 3.13. The fourth-order valence-corrected chi connectivity index (χ4v) is 2.11. The highest BCUT2D eigenvalue weighted by Crippen LogP contribution is 2.29. The molecule has 3 nitrogen and oxygen atoms in total. The molecule has 0 saturated carbocycles. The van der Waals surface area contributed by atoms with Gasteiger partial charge in [0.25, 0.3) is 0 Å². The van der Waals surface area contributed by atoms with Gasteiger partial charge in [-0.3, -0.25) is 4.79 Å². The zero-order chi connectivity index (χ0) is 14.0. The van der Waals surface area contributed by atoms with Crippen molar-refractivity contribution in [3.8, 4) is 0 Å². The highest BCUT2D eigenvalue weighted by molar-refractivity contribution is 5.79. The van der Waals surface area contributed by atoms with E-state index in [0.717, 1.165) is 12.1 Å². The van der Waals surface area contributed by atoms with Crippen LogP contribution in [0.3, 0.4) is 0 Å². The molecule has 1 aromatic carbocycles. The number of hydrogen-bond acceptors (Lipinski definition) is 2. The zero-order valence-electron chi connectivity index (χ0n) is 10.2. The van der Waals surface area contributed by atoms with Crippen molar-refractivity contribution < 1.29 is 23.1 Å². The van der Waals surface area contributed by atoms with E-state index in [9.17, 15) is 23.1 Å². The summed E-state index contributed by atoms with van der Waals surface area (Å²) in [6, 6.07) is 4.77. The number of alkyl halides is 3. The molecule has 1 aliphatic heterocycles. The van der Waals surface area contributed by atoms with E-state index in [2.05, 4.69) is 0 Å². The predicted octanol–water partition coefficient (Wildman–Crippen LogP) is 1.84. The van der Waals surface area contributed by atoms with Gasteiger partial charge in [-0.05, 0) is 18.1 Å². The standard InChI is InChI=1S/C13H14F3NO2/c14-13(15,16)10-3-1-2-9(6-10)7-12(19)17-5-4-11(18)8-17/h1-3,6,11,18H,4-5,7-8H2. The van der Waals surface area contributed by atoms with Crippen molar-refractivity contribution in [1.82, 2.24) is 4.90 Å². The molecule has 1 unspecified atom stereocenters. The van der Waals surface area contributed by atoms with Crippen molar-refractivity contribution in [2.24, 2.45) is 0 Å². The molecule has 1 heterocycles. The van der Waals surface area contributed by atoms with Gasteiger partial charge in [0, 0.05) is 13.1 Å². The van der Waals surface area contributed by atoms with Crippen LogP contribution in [0.4, 0.5) is 13.2 Å². The first kappa shape index (κ1) is 13.9. The van der Waals surface area contributed by atoms with Crippen molar-refractivity contribution in [2.45, 2.75) is 25.1 Å². The summed E-state index contributed by atoms with van der Waals surface area (Å²) >= 11 is 0. The minimum atomic E-state index is -4.40. The Morgan fingerprint density at radius 2 is 2.16 bits per heavy atom. The van der Waals surface area contributed by atoms with Crippen molar-refractivity contribution in [2.75, 3.05) is 13.1 Å². The largest absolute Gasteiger partial charge is 0.416 e. The minimum absolute atomic E-state index is 0.0728. The summed E-state index contributed by atoms with van der Waals surface area (Å²) in [5.74, 6) is -0.254. The Morgan fingerprint density at radius 1 is 1.42 bits per heavy atom. The molecule has 0 bridgehead atoms. The molecule has 19 heavy (non-hydrogen) atoms. The summed E-state index contributed by atoms with van der Waals surface area (Å²) in [5.41, 5.74) is -0.416. The summed E-state index contributed by atoms with van der Waals surface area (Å²) in [7, 11) is 0. The molecule has 0 spiro atoms. The second-order valence-electron chi connectivity index (χ2n) is 4.66. The van der Waals surface area contributed by atoms with Crippen LogP contribution in [0.25, 0.3) is 0 Å². The van der Waals surface area contributed by atoms with E-state index in [1.807, 2.05) is 0 Å². The van der Waals surface area contributed by atoms with Crippen LogP contribution in [0, 0.1) is 0 Å². The van der Waals surface area contributed by atoms with Crippen LogP contribution >= 0.6 is 0 Å². The Hall–Kier alpha value is -1.56. The molecule has 1 atom stereocenters. The maximum atomic E-state index is 12.5. The van der Waals surface area contributed by atoms with Gasteiger partial charge in [-0.1, -0.05) is 18.2 Å². The SMILES string of the molecule is O=C(Cc1cccc(C(F)(F)F)c1)N1CCC(O)C1. The summed E-state index contributed by atoms with van der Waals surface area (Å²) in [6.07, 6.45) is -4.47. The lowest BCUT2D eigenvalue weighted by Crippen LogP contribution is -2.30. The molecule has 1 saturated heterocycles. The molecular weight excluding hydrogens is 259 g/mol. The number of carbonyl (C=O) groups excluding carboxylic acids is 1. The molecule has 0 aromatic heterocycles. The van der Waals surface area contributed by atoms with E-state index in [4.69, 9.17) is 0 Å². The number of likely N-dealkylation sites (tertiary alicyclic amines) is 1. The number of rotatable bonds is 2. The van der Waals surface area contributed by atoms with Crippen molar-refractivity contribution >= 4 is 5.91 Å². The third kappa shape index (κ3) is 3.47. The van der Waals surface area contributed by atoms with Crippen LogP contribution < -0.4 is 0 Å². The molecular formula is C13H14F3NO2. The Morgan fingerprint density at radius 3 is 2.74 bits per heavy atom. The Kier molecular flexibility index (Phi) is 3.80. The Balaban J connectivity index is 2.05. The van der Waals surface area contributed by atoms with Gasteiger partial charge in [0.2, 0.25) is 5.91 Å². The maximum absolute atomic E-state index is 12.5. The summed E-state index contributed by atoms with van der Waals surface area (Å²) in [4.78, 5) is 13.3. The molecule has 1 N–H and O–H groups in total. The topological polar surface area (TPSA) is 40.5 Å². The summed E-state index contributed by atoms with van der Waals surface area (Å²) in [6.45, 7) is 0.719. The van der Waals surface area contributed by atoms with Crippen LogP contribution in [-0.4, -0.2) is 35.1 Å². The van der Waals surface area contributed by atoms with Crippen LogP contribution in [0.5, 0.6) is 0 Å². The normalized spacial score (nSPS) is 19.8. The lowest BCUT2D eigenvalue weighted by Gasteiger charge is -2.16. The number of β-amino-alcohol motifs (C(OH)–C–C–N with tert-alkyl or cyclic N) is 1. The second-order valence-corrected chi connectivity index (χ2v) is 4.66. The van der Waals surface area contributed by atoms with Gasteiger partial charge in [-0.15, -0.1) is 0 Å². The number of amides is 1. The third-order valence-electron chi connectivity index (χ3n) is 3.13. The van der Waals surface area contributed by atoms with Gasteiger partial charge < -0.3 is 10.0 Å². The molecule has 1 amide bonds. The van der Waals surface area contributed by atoms with Gasteiger partial charge >= 0.3 is 6.18 Å². The molecule has 6 heteroatoms. The average molecular weight is 273 g/mol. The zero-order valence-corrected chi connectivity index (χ0v) is 10.2. The highest BCUT2D eigenvalue weighted by Gasteiger charge is 2.31. The number of aliphatic hydroxyl groups is 1. The fourth-order valence-electron chi connectivity index (χ4n) is 2.11. The molecule has 1 aromatic rings. The monoisotopic (exact) mass is 273 g/mol. The molecule has 0 aliphatic carbocycles. The van der Waals surface area contributed by atoms with Gasteiger partial charge in [0.1, 0.15) is 0 Å². The lowest BCUT2D eigenvalue weighted by atomic mass is 10.1. The van der Waals surface area contributed by atoms with E-state index in [0.29, 0.717) is 18.5 Å². The Bertz CT molecular complexity index is 473. The van der Waals surface area contributed by atoms with E-state index in [1.54, 1.807) is 0 Å². The number of benzene rings is 1. The molecule has 104 valence electrons. The van der Waals surface area contributed by atoms with E-state index in [-0.39, 0.29) is 18.9 Å². The number of carbonyl (C=O) groups is 1. The first-order chi connectivity index (χ1) is 8.86. The predicted molar refractivity (Wildman–Crippen MR) is 62.4 cm³/mol. The number of nitrogens with zero attached hydrogens (tertiary/aromatic N) is 1. The van der Waals surface area contributed by atoms with E-state index in [1.165, 1.54) is 17.0 Å². The van der Waals surface area contributed by atoms with Crippen molar-refractivity contribution in [3.63, 3.8) is 0 Å². The van der Waals surface area contributed by atoms with Crippen LogP contribution in [0.15, 0.2) is 24.3 Å². The van der Waals surface area contributed by atoms with Gasteiger partial charge in [-0.2, -0.15) is 13.2 Å². The van der Waals surface area contributed by atoms with Crippen LogP contribution in [0.1, 0.15) is 17.5 Å².